The molecule has 1 fully saturated rings. The molecule has 0 unspecified atom stereocenters. The molecule has 2 aliphatic rings. The molecule has 3 heteroatoms. The maximum absolute atomic E-state index is 6.18. The predicted molar refractivity (Wildman–Crippen MR) is 92.3 cm³/mol. The highest BCUT2D eigenvalue weighted by molar-refractivity contribution is 6.32. The first kappa shape index (κ1) is 14.5. The molecule has 0 atom stereocenters. The molecule has 3 rings (SSSR count). The Morgan fingerprint density at radius 3 is 2.71 bits per heavy atom. The predicted octanol–water partition coefficient (Wildman–Crippen LogP) is 4.62. The number of piperidine rings is 1. The molecule has 0 amide bonds. The molecule has 1 aromatic carbocycles. The first-order valence-electron chi connectivity index (χ1n) is 7.69. The molecule has 0 bridgehead atoms. The number of rotatable bonds is 2. The summed E-state index contributed by atoms with van der Waals surface area (Å²) < 4.78 is 0. The van der Waals surface area contributed by atoms with Crippen LogP contribution in [0.2, 0.25) is 0 Å². The summed E-state index contributed by atoms with van der Waals surface area (Å²) in [5, 5.41) is 0.813. The number of hydrogen-bond donors (Lipinski definition) is 1. The summed E-state index contributed by atoms with van der Waals surface area (Å²) in [5.41, 5.74) is 10.5. The Balaban J connectivity index is 1.96. The highest BCUT2D eigenvalue weighted by Gasteiger charge is 2.20. The topological polar surface area (TPSA) is 29.3 Å². The van der Waals surface area contributed by atoms with E-state index in [9.17, 15) is 0 Å². The molecule has 2 N–H and O–H groups in total. The van der Waals surface area contributed by atoms with Crippen LogP contribution in [0.15, 0.2) is 35.4 Å². The van der Waals surface area contributed by atoms with Crippen molar-refractivity contribution in [2.45, 2.75) is 26.2 Å². The third-order valence-corrected chi connectivity index (χ3v) is 4.66. The minimum atomic E-state index is 0.805. The Morgan fingerprint density at radius 1 is 1.24 bits per heavy atom. The van der Waals surface area contributed by atoms with E-state index in [1.54, 1.807) is 0 Å². The second-order valence-electron chi connectivity index (χ2n) is 6.07. The number of nitrogen functional groups attached to an aromatic ring is 1. The van der Waals surface area contributed by atoms with Gasteiger partial charge in [-0.05, 0) is 61.4 Å². The summed E-state index contributed by atoms with van der Waals surface area (Å²) in [7, 11) is 0. The molecule has 1 aliphatic heterocycles. The van der Waals surface area contributed by atoms with Gasteiger partial charge in [-0.25, -0.2) is 0 Å². The first-order chi connectivity index (χ1) is 10.1. The van der Waals surface area contributed by atoms with E-state index < -0.39 is 0 Å². The Morgan fingerprint density at radius 2 is 2.00 bits per heavy atom. The van der Waals surface area contributed by atoms with Crippen molar-refractivity contribution >= 4 is 28.5 Å². The van der Waals surface area contributed by atoms with Gasteiger partial charge in [0.05, 0.1) is 0 Å². The molecule has 1 saturated heterocycles. The number of allylic oxidation sites excluding steroid dienone is 4. The van der Waals surface area contributed by atoms with Crippen LogP contribution in [0.25, 0.3) is 5.57 Å². The smallest absolute Gasteiger partial charge is 0.0444 e. The normalized spacial score (nSPS) is 20.2. The van der Waals surface area contributed by atoms with Gasteiger partial charge in [0, 0.05) is 35.1 Å². The summed E-state index contributed by atoms with van der Waals surface area (Å²) in [6, 6.07) is 6.23. The van der Waals surface area contributed by atoms with Crippen LogP contribution in [0.1, 0.15) is 31.7 Å². The molecule has 1 aliphatic carbocycles. The van der Waals surface area contributed by atoms with Crippen molar-refractivity contribution in [2.75, 3.05) is 23.7 Å². The Labute approximate surface area is 132 Å². The Kier molecular flexibility index (Phi) is 4.25. The van der Waals surface area contributed by atoms with Gasteiger partial charge in [-0.1, -0.05) is 24.6 Å². The fourth-order valence-corrected chi connectivity index (χ4v) is 3.27. The SMILES string of the molecule is CC1CCN(c2ccc(N)cc2C2=CC(Cl)=CC[CH]2)CC1. The van der Waals surface area contributed by atoms with E-state index >= 15 is 0 Å². The number of nitrogens with two attached hydrogens (primary N) is 1. The van der Waals surface area contributed by atoms with Gasteiger partial charge in [0.1, 0.15) is 0 Å². The highest BCUT2D eigenvalue weighted by Crippen LogP contribution is 2.36. The average Bonchev–Trinajstić information content (AvgIpc) is 2.48. The van der Waals surface area contributed by atoms with Crippen molar-refractivity contribution in [3.05, 3.63) is 47.4 Å². The molecule has 21 heavy (non-hydrogen) atoms. The van der Waals surface area contributed by atoms with E-state index in [-0.39, 0.29) is 0 Å². The van der Waals surface area contributed by atoms with Crippen LogP contribution in [-0.2, 0) is 0 Å². The van der Waals surface area contributed by atoms with E-state index in [4.69, 9.17) is 17.3 Å². The molecular weight excluding hydrogens is 280 g/mol. The summed E-state index contributed by atoms with van der Waals surface area (Å²) in [6.45, 7) is 4.58. The molecule has 1 heterocycles. The van der Waals surface area contributed by atoms with Crippen molar-refractivity contribution in [1.29, 1.82) is 0 Å². The van der Waals surface area contributed by atoms with Crippen molar-refractivity contribution in [1.82, 2.24) is 0 Å². The standard InChI is InChI=1S/C18H22ClN2/c1-13-7-9-21(10-8-13)18-6-5-16(20)12-17(18)14-3-2-4-15(19)11-14/h3-6,11-13H,2,7-10,20H2,1H3. The molecule has 111 valence electrons. The van der Waals surface area contributed by atoms with Gasteiger partial charge in [-0.2, -0.15) is 0 Å². The molecular formula is C18H22ClN2. The third-order valence-electron chi connectivity index (χ3n) is 4.40. The summed E-state index contributed by atoms with van der Waals surface area (Å²) >= 11 is 6.18. The van der Waals surface area contributed by atoms with E-state index in [1.807, 2.05) is 18.2 Å². The van der Waals surface area contributed by atoms with E-state index in [1.165, 1.54) is 29.7 Å². The lowest BCUT2D eigenvalue weighted by Crippen LogP contribution is -2.33. The minimum absolute atomic E-state index is 0.805. The van der Waals surface area contributed by atoms with Gasteiger partial charge >= 0.3 is 0 Å². The van der Waals surface area contributed by atoms with Crippen molar-refractivity contribution in [3.8, 4) is 0 Å². The molecule has 2 nitrogen and oxygen atoms in total. The van der Waals surface area contributed by atoms with Gasteiger partial charge in [0.15, 0.2) is 0 Å². The van der Waals surface area contributed by atoms with E-state index in [0.29, 0.717) is 0 Å². The summed E-state index contributed by atoms with van der Waals surface area (Å²) in [5.74, 6) is 0.830. The second kappa shape index (κ2) is 6.15. The summed E-state index contributed by atoms with van der Waals surface area (Å²) in [6.07, 6.45) is 9.68. The van der Waals surface area contributed by atoms with Crippen LogP contribution in [0, 0.1) is 12.3 Å². The van der Waals surface area contributed by atoms with Crippen LogP contribution < -0.4 is 10.6 Å². The average molecular weight is 302 g/mol. The van der Waals surface area contributed by atoms with Gasteiger partial charge < -0.3 is 10.6 Å². The first-order valence-corrected chi connectivity index (χ1v) is 8.06. The summed E-state index contributed by atoms with van der Waals surface area (Å²) in [4.78, 5) is 2.48. The van der Waals surface area contributed by atoms with Crippen molar-refractivity contribution in [2.24, 2.45) is 5.92 Å². The third kappa shape index (κ3) is 3.26. The minimum Gasteiger partial charge on any atom is -0.399 e. The number of hydrogen-bond acceptors (Lipinski definition) is 2. The number of halogens is 1. The zero-order valence-electron chi connectivity index (χ0n) is 12.5. The van der Waals surface area contributed by atoms with Gasteiger partial charge in [0.25, 0.3) is 0 Å². The fourth-order valence-electron chi connectivity index (χ4n) is 3.06. The zero-order valence-corrected chi connectivity index (χ0v) is 13.2. The van der Waals surface area contributed by atoms with Crippen LogP contribution in [0.4, 0.5) is 11.4 Å². The van der Waals surface area contributed by atoms with Crippen molar-refractivity contribution in [3.63, 3.8) is 0 Å². The van der Waals surface area contributed by atoms with Gasteiger partial charge in [-0.15, -0.1) is 0 Å². The van der Waals surface area contributed by atoms with Crippen LogP contribution >= 0.6 is 11.6 Å². The lowest BCUT2D eigenvalue weighted by atomic mass is 9.93. The number of anilines is 2. The molecule has 0 spiro atoms. The monoisotopic (exact) mass is 301 g/mol. The van der Waals surface area contributed by atoms with Gasteiger partial charge in [0.2, 0.25) is 0 Å². The lowest BCUT2D eigenvalue weighted by molar-refractivity contribution is 0.438. The van der Waals surface area contributed by atoms with Crippen LogP contribution in [0.5, 0.6) is 0 Å². The van der Waals surface area contributed by atoms with Crippen molar-refractivity contribution < 1.29 is 0 Å². The number of benzene rings is 1. The van der Waals surface area contributed by atoms with E-state index in [0.717, 1.165) is 36.1 Å². The maximum Gasteiger partial charge on any atom is 0.0444 e. The fraction of sp³-hybridized carbons (Fsp3) is 0.389. The lowest BCUT2D eigenvalue weighted by Gasteiger charge is -2.34. The molecule has 0 aromatic heterocycles. The van der Waals surface area contributed by atoms with Crippen LogP contribution in [0.3, 0.4) is 0 Å². The zero-order chi connectivity index (χ0) is 14.8. The molecule has 0 saturated carbocycles. The number of nitrogens with zero attached hydrogens (tertiary/aromatic N) is 1. The van der Waals surface area contributed by atoms with Gasteiger partial charge in [-0.3, -0.25) is 0 Å². The van der Waals surface area contributed by atoms with Crippen LogP contribution in [-0.4, -0.2) is 13.1 Å². The Hall–Kier alpha value is -1.41. The molecule has 1 aromatic rings. The maximum atomic E-state index is 6.18. The second-order valence-corrected chi connectivity index (χ2v) is 6.51. The quantitative estimate of drug-likeness (QED) is 0.808. The van der Waals surface area contributed by atoms with E-state index in [2.05, 4.69) is 30.4 Å². The Bertz CT molecular complexity index is 581. The largest absolute Gasteiger partial charge is 0.399 e. The highest BCUT2D eigenvalue weighted by atomic mass is 35.5. The molecule has 1 radical (unpaired) electrons.